The lowest BCUT2D eigenvalue weighted by molar-refractivity contribution is 0.483. The summed E-state index contributed by atoms with van der Waals surface area (Å²) in [4.78, 5) is -0.504. The first-order chi connectivity index (χ1) is 8.38. The normalized spacial score (nSPS) is 10.0. The van der Waals surface area contributed by atoms with Crippen molar-refractivity contribution in [2.75, 3.05) is 5.32 Å². The number of nitrogens with one attached hydrogen (secondary N) is 1. The van der Waals surface area contributed by atoms with E-state index in [2.05, 4.69) is 5.32 Å². The van der Waals surface area contributed by atoms with Gasteiger partial charge in [-0.3, -0.25) is 4.55 Å². The minimum absolute atomic E-state index is 0.284. The first kappa shape index (κ1) is 13.6. The molecule has 0 heterocycles. The Morgan fingerprint density at radius 3 is 2.50 bits per heavy atom. The van der Waals surface area contributed by atoms with Crippen LogP contribution in [0, 0.1) is 28.5 Å². The molecule has 0 aliphatic carbocycles. The van der Waals surface area contributed by atoms with Gasteiger partial charge in [-0.2, -0.15) is 18.9 Å². The van der Waals surface area contributed by atoms with Gasteiger partial charge in [-0.1, -0.05) is 0 Å². The molecule has 0 saturated heterocycles. The number of hydrogen-bond donors (Lipinski definition) is 2. The van der Waals surface area contributed by atoms with Gasteiger partial charge in [0.25, 0.3) is 10.1 Å². The largest absolute Gasteiger partial charge is 0.357 e. The first-order valence-corrected chi connectivity index (χ1v) is 5.86. The van der Waals surface area contributed by atoms with Gasteiger partial charge in [-0.05, 0) is 18.2 Å². The summed E-state index contributed by atoms with van der Waals surface area (Å²) in [6.07, 6.45) is 0.923. The topological polar surface area (TPSA) is 114 Å². The summed E-state index contributed by atoms with van der Waals surface area (Å²) < 4.78 is 43.7. The van der Waals surface area contributed by atoms with Crippen LogP contribution in [0.2, 0.25) is 0 Å². The number of halogens is 1. The van der Waals surface area contributed by atoms with Gasteiger partial charge < -0.3 is 5.32 Å². The first-order valence-electron chi connectivity index (χ1n) is 4.42. The summed E-state index contributed by atoms with van der Waals surface area (Å²) >= 11 is 0. The molecule has 0 bridgehead atoms. The zero-order valence-corrected chi connectivity index (χ0v) is 9.57. The summed E-state index contributed by atoms with van der Waals surface area (Å²) in [5.41, 5.74) is -0.597. The monoisotopic (exact) mass is 267 g/mol. The smallest absolute Gasteiger partial charge is 0.294 e. The molecule has 0 aliphatic rings. The maximum atomic E-state index is 13.3. The van der Waals surface area contributed by atoms with Crippen molar-refractivity contribution in [1.82, 2.24) is 0 Å². The summed E-state index contributed by atoms with van der Waals surface area (Å²) in [5.74, 6) is -0.797. The standard InChI is InChI=1S/C10H6FN3O3S/c11-9-2-1-8(18(15,16)17)3-10(9)14-6-7(4-12)5-13/h1-3,6,14H,(H,15,16,17). The van der Waals surface area contributed by atoms with Crippen molar-refractivity contribution in [2.24, 2.45) is 0 Å². The van der Waals surface area contributed by atoms with Gasteiger partial charge in [-0.15, -0.1) is 0 Å². The summed E-state index contributed by atoms with van der Waals surface area (Å²) in [5, 5.41) is 19.2. The van der Waals surface area contributed by atoms with Crippen molar-refractivity contribution >= 4 is 15.8 Å². The number of allylic oxidation sites excluding steroid dienone is 1. The van der Waals surface area contributed by atoms with Gasteiger partial charge in [0, 0.05) is 6.20 Å². The zero-order chi connectivity index (χ0) is 13.8. The molecule has 0 unspecified atom stereocenters. The zero-order valence-electron chi connectivity index (χ0n) is 8.75. The fourth-order valence-corrected chi connectivity index (χ4v) is 1.52. The highest BCUT2D eigenvalue weighted by Gasteiger charge is 2.12. The van der Waals surface area contributed by atoms with Crippen LogP contribution in [0.15, 0.2) is 34.9 Å². The van der Waals surface area contributed by atoms with Crippen LogP contribution in [0.1, 0.15) is 0 Å². The Kier molecular flexibility index (Phi) is 4.00. The molecular formula is C10H6FN3O3S. The molecule has 18 heavy (non-hydrogen) atoms. The second kappa shape index (κ2) is 5.27. The van der Waals surface area contributed by atoms with E-state index < -0.39 is 20.8 Å². The molecular weight excluding hydrogens is 261 g/mol. The van der Waals surface area contributed by atoms with Gasteiger partial charge in [0.15, 0.2) is 0 Å². The van der Waals surface area contributed by atoms with E-state index in [0.717, 1.165) is 24.4 Å². The van der Waals surface area contributed by atoms with Crippen molar-refractivity contribution in [3.63, 3.8) is 0 Å². The van der Waals surface area contributed by atoms with E-state index in [9.17, 15) is 12.8 Å². The SMILES string of the molecule is N#CC(C#N)=CNc1cc(S(=O)(=O)O)ccc1F. The van der Waals surface area contributed by atoms with Gasteiger partial charge in [0.2, 0.25) is 0 Å². The lowest BCUT2D eigenvalue weighted by Gasteiger charge is -2.04. The van der Waals surface area contributed by atoms with Crippen LogP contribution in [0.3, 0.4) is 0 Å². The van der Waals surface area contributed by atoms with E-state index in [4.69, 9.17) is 15.1 Å². The van der Waals surface area contributed by atoms with Crippen molar-refractivity contribution in [3.8, 4) is 12.1 Å². The molecule has 0 atom stereocenters. The molecule has 6 nitrogen and oxygen atoms in total. The van der Waals surface area contributed by atoms with Gasteiger partial charge >= 0.3 is 0 Å². The third-order valence-corrected chi connectivity index (χ3v) is 2.70. The highest BCUT2D eigenvalue weighted by atomic mass is 32.2. The fourth-order valence-electron chi connectivity index (χ4n) is 1.01. The number of benzene rings is 1. The molecule has 0 aromatic heterocycles. The summed E-state index contributed by atoms with van der Waals surface area (Å²) in [6.45, 7) is 0. The van der Waals surface area contributed by atoms with Crippen LogP contribution < -0.4 is 5.32 Å². The second-order valence-corrected chi connectivity index (χ2v) is 4.46. The molecule has 0 amide bonds. The van der Waals surface area contributed by atoms with Crippen LogP contribution in [0.4, 0.5) is 10.1 Å². The third kappa shape index (κ3) is 3.28. The molecule has 0 spiro atoms. The highest BCUT2D eigenvalue weighted by molar-refractivity contribution is 7.85. The predicted molar refractivity (Wildman–Crippen MR) is 59.1 cm³/mol. The Balaban J connectivity index is 3.16. The van der Waals surface area contributed by atoms with Crippen LogP contribution >= 0.6 is 0 Å². The lowest BCUT2D eigenvalue weighted by atomic mass is 10.3. The average molecular weight is 267 g/mol. The Labute approximate surface area is 102 Å². The van der Waals surface area contributed by atoms with E-state index in [1.165, 1.54) is 12.1 Å². The molecule has 0 aliphatic heterocycles. The molecule has 8 heteroatoms. The van der Waals surface area contributed by atoms with E-state index in [-0.39, 0.29) is 11.3 Å². The predicted octanol–water partition coefficient (Wildman–Crippen LogP) is 1.42. The molecule has 1 rings (SSSR count). The Morgan fingerprint density at radius 1 is 1.39 bits per heavy atom. The third-order valence-electron chi connectivity index (χ3n) is 1.85. The number of anilines is 1. The minimum Gasteiger partial charge on any atom is -0.357 e. The minimum atomic E-state index is -4.45. The molecule has 0 radical (unpaired) electrons. The summed E-state index contributed by atoms with van der Waals surface area (Å²) in [7, 11) is -4.45. The average Bonchev–Trinajstić information content (AvgIpc) is 2.31. The van der Waals surface area contributed by atoms with Crippen LogP contribution in [-0.2, 0) is 10.1 Å². The fraction of sp³-hybridized carbons (Fsp3) is 0. The number of rotatable bonds is 3. The van der Waals surface area contributed by atoms with Gasteiger partial charge in [0.05, 0.1) is 10.6 Å². The molecule has 0 saturated carbocycles. The number of nitriles is 2. The lowest BCUT2D eigenvalue weighted by Crippen LogP contribution is -2.01. The Hall–Kier alpha value is -2.42. The Morgan fingerprint density at radius 2 is 2.00 bits per heavy atom. The maximum Gasteiger partial charge on any atom is 0.294 e. The summed E-state index contributed by atoms with van der Waals surface area (Å²) in [6, 6.07) is 5.62. The van der Waals surface area contributed by atoms with E-state index in [0.29, 0.717) is 0 Å². The molecule has 92 valence electrons. The van der Waals surface area contributed by atoms with Gasteiger partial charge in [-0.25, -0.2) is 4.39 Å². The van der Waals surface area contributed by atoms with Crippen LogP contribution in [0.5, 0.6) is 0 Å². The highest BCUT2D eigenvalue weighted by Crippen LogP contribution is 2.19. The van der Waals surface area contributed by atoms with Crippen LogP contribution in [0.25, 0.3) is 0 Å². The van der Waals surface area contributed by atoms with Gasteiger partial charge in [0.1, 0.15) is 23.5 Å². The van der Waals surface area contributed by atoms with E-state index in [1.807, 2.05) is 0 Å². The molecule has 1 aromatic rings. The maximum absolute atomic E-state index is 13.3. The van der Waals surface area contributed by atoms with Crippen molar-refractivity contribution in [2.45, 2.75) is 4.90 Å². The molecule has 2 N–H and O–H groups in total. The van der Waals surface area contributed by atoms with Crippen molar-refractivity contribution in [1.29, 1.82) is 10.5 Å². The van der Waals surface area contributed by atoms with Crippen molar-refractivity contribution < 1.29 is 17.4 Å². The van der Waals surface area contributed by atoms with E-state index >= 15 is 0 Å². The Bertz CT molecular complexity index is 667. The number of hydrogen-bond acceptors (Lipinski definition) is 5. The molecule has 0 fully saturated rings. The molecule has 1 aromatic carbocycles. The van der Waals surface area contributed by atoms with Crippen LogP contribution in [-0.4, -0.2) is 13.0 Å². The van der Waals surface area contributed by atoms with E-state index in [1.54, 1.807) is 0 Å². The second-order valence-electron chi connectivity index (χ2n) is 3.04. The van der Waals surface area contributed by atoms with Crippen molar-refractivity contribution in [3.05, 3.63) is 35.8 Å². The quantitative estimate of drug-likeness (QED) is 0.632. The number of nitrogens with zero attached hydrogens (tertiary/aromatic N) is 2.